The van der Waals surface area contributed by atoms with Gasteiger partial charge in [0.15, 0.2) is 0 Å². The van der Waals surface area contributed by atoms with E-state index in [9.17, 15) is 0 Å². The summed E-state index contributed by atoms with van der Waals surface area (Å²) in [5, 5.41) is 3.44. The molecule has 0 bridgehead atoms. The van der Waals surface area contributed by atoms with Crippen LogP contribution in [0.1, 0.15) is 23.6 Å². The van der Waals surface area contributed by atoms with E-state index in [1.54, 1.807) is 0 Å². The number of morpholine rings is 1. The normalized spacial score (nSPS) is 18.8. The molecule has 1 saturated heterocycles. The SMILES string of the molecule is CNC(CCN1CCOCC1)c1ccccc1C. The van der Waals surface area contributed by atoms with Crippen LogP contribution in [0.15, 0.2) is 24.3 Å². The Morgan fingerprint density at radius 1 is 1.28 bits per heavy atom. The van der Waals surface area contributed by atoms with Crippen LogP contribution in [0.4, 0.5) is 0 Å². The van der Waals surface area contributed by atoms with E-state index in [1.807, 2.05) is 0 Å². The summed E-state index contributed by atoms with van der Waals surface area (Å²) in [6.07, 6.45) is 1.15. The van der Waals surface area contributed by atoms with Crippen LogP contribution in [-0.4, -0.2) is 44.8 Å². The average molecular weight is 248 g/mol. The van der Waals surface area contributed by atoms with Crippen LogP contribution in [0.3, 0.4) is 0 Å². The number of ether oxygens (including phenoxy) is 1. The molecule has 0 amide bonds. The van der Waals surface area contributed by atoms with Gasteiger partial charge in [0.05, 0.1) is 13.2 Å². The number of aryl methyl sites for hydroxylation is 1. The maximum absolute atomic E-state index is 5.38. The van der Waals surface area contributed by atoms with E-state index in [-0.39, 0.29) is 0 Å². The van der Waals surface area contributed by atoms with Crippen molar-refractivity contribution in [2.75, 3.05) is 39.9 Å². The Bertz CT molecular complexity index is 361. The molecule has 1 aliphatic heterocycles. The van der Waals surface area contributed by atoms with E-state index in [4.69, 9.17) is 4.74 Å². The molecule has 1 atom stereocenters. The Morgan fingerprint density at radius 2 is 2.00 bits per heavy atom. The smallest absolute Gasteiger partial charge is 0.0594 e. The van der Waals surface area contributed by atoms with Crippen LogP contribution in [0.2, 0.25) is 0 Å². The van der Waals surface area contributed by atoms with Crippen molar-refractivity contribution in [3.8, 4) is 0 Å². The first-order valence-electron chi connectivity index (χ1n) is 6.84. The fourth-order valence-electron chi connectivity index (χ4n) is 2.57. The first kappa shape index (κ1) is 13.5. The lowest BCUT2D eigenvalue weighted by Crippen LogP contribution is -2.38. The number of nitrogens with zero attached hydrogens (tertiary/aromatic N) is 1. The number of hydrogen-bond donors (Lipinski definition) is 1. The Hall–Kier alpha value is -0.900. The van der Waals surface area contributed by atoms with E-state index >= 15 is 0 Å². The minimum atomic E-state index is 0.453. The molecule has 0 aromatic heterocycles. The molecular weight excluding hydrogens is 224 g/mol. The lowest BCUT2D eigenvalue weighted by molar-refractivity contribution is 0.0362. The van der Waals surface area contributed by atoms with E-state index < -0.39 is 0 Å². The van der Waals surface area contributed by atoms with Gasteiger partial charge in [-0.05, 0) is 31.5 Å². The van der Waals surface area contributed by atoms with Gasteiger partial charge in [0.2, 0.25) is 0 Å². The van der Waals surface area contributed by atoms with Crippen molar-refractivity contribution in [3.63, 3.8) is 0 Å². The van der Waals surface area contributed by atoms with Crippen molar-refractivity contribution in [2.24, 2.45) is 0 Å². The third-order valence-electron chi connectivity index (χ3n) is 3.75. The molecule has 0 radical (unpaired) electrons. The quantitative estimate of drug-likeness (QED) is 0.862. The molecule has 3 nitrogen and oxygen atoms in total. The molecular formula is C15H24N2O. The van der Waals surface area contributed by atoms with Gasteiger partial charge in [0.25, 0.3) is 0 Å². The lowest BCUT2D eigenvalue weighted by Gasteiger charge is -2.28. The van der Waals surface area contributed by atoms with Gasteiger partial charge in [-0.2, -0.15) is 0 Å². The average Bonchev–Trinajstić information content (AvgIpc) is 2.42. The summed E-state index contributed by atoms with van der Waals surface area (Å²) < 4.78 is 5.38. The highest BCUT2D eigenvalue weighted by atomic mass is 16.5. The maximum Gasteiger partial charge on any atom is 0.0594 e. The zero-order valence-corrected chi connectivity index (χ0v) is 11.5. The van der Waals surface area contributed by atoms with E-state index in [2.05, 4.69) is 48.5 Å². The third kappa shape index (κ3) is 3.55. The second-order valence-electron chi connectivity index (χ2n) is 4.94. The zero-order chi connectivity index (χ0) is 12.8. The topological polar surface area (TPSA) is 24.5 Å². The number of nitrogens with one attached hydrogen (secondary N) is 1. The predicted octanol–water partition coefficient (Wildman–Crippen LogP) is 1.98. The van der Waals surface area contributed by atoms with Crippen molar-refractivity contribution in [3.05, 3.63) is 35.4 Å². The monoisotopic (exact) mass is 248 g/mol. The molecule has 0 aliphatic carbocycles. The summed E-state index contributed by atoms with van der Waals surface area (Å²) >= 11 is 0. The van der Waals surface area contributed by atoms with Crippen molar-refractivity contribution >= 4 is 0 Å². The van der Waals surface area contributed by atoms with Gasteiger partial charge in [0, 0.05) is 25.7 Å². The molecule has 1 heterocycles. The molecule has 1 N–H and O–H groups in total. The Labute approximate surface area is 110 Å². The van der Waals surface area contributed by atoms with Crippen LogP contribution in [0, 0.1) is 6.92 Å². The highest BCUT2D eigenvalue weighted by Gasteiger charge is 2.15. The van der Waals surface area contributed by atoms with Crippen molar-refractivity contribution in [1.29, 1.82) is 0 Å². The molecule has 1 fully saturated rings. The highest BCUT2D eigenvalue weighted by molar-refractivity contribution is 5.28. The van der Waals surface area contributed by atoms with Crippen LogP contribution in [0.25, 0.3) is 0 Å². The molecule has 0 saturated carbocycles. The summed E-state index contributed by atoms with van der Waals surface area (Å²) in [4.78, 5) is 2.49. The number of hydrogen-bond acceptors (Lipinski definition) is 3. The van der Waals surface area contributed by atoms with Gasteiger partial charge in [0.1, 0.15) is 0 Å². The van der Waals surface area contributed by atoms with Crippen LogP contribution < -0.4 is 5.32 Å². The molecule has 100 valence electrons. The minimum Gasteiger partial charge on any atom is -0.379 e. The van der Waals surface area contributed by atoms with Crippen molar-refractivity contribution in [2.45, 2.75) is 19.4 Å². The predicted molar refractivity (Wildman–Crippen MR) is 74.9 cm³/mol. The number of benzene rings is 1. The zero-order valence-electron chi connectivity index (χ0n) is 11.5. The first-order chi connectivity index (χ1) is 8.81. The van der Waals surface area contributed by atoms with Crippen LogP contribution >= 0.6 is 0 Å². The first-order valence-corrected chi connectivity index (χ1v) is 6.84. The lowest BCUT2D eigenvalue weighted by atomic mass is 9.99. The maximum atomic E-state index is 5.38. The largest absolute Gasteiger partial charge is 0.379 e. The summed E-state index contributed by atoms with van der Waals surface area (Å²) in [6, 6.07) is 9.10. The van der Waals surface area contributed by atoms with Gasteiger partial charge in [-0.25, -0.2) is 0 Å². The summed E-state index contributed by atoms with van der Waals surface area (Å²) in [7, 11) is 2.05. The third-order valence-corrected chi connectivity index (χ3v) is 3.75. The number of rotatable bonds is 5. The van der Waals surface area contributed by atoms with Gasteiger partial charge in [-0.1, -0.05) is 24.3 Å². The molecule has 1 aromatic rings. The summed E-state index contributed by atoms with van der Waals surface area (Å²) in [5.74, 6) is 0. The van der Waals surface area contributed by atoms with Crippen LogP contribution in [0.5, 0.6) is 0 Å². The highest BCUT2D eigenvalue weighted by Crippen LogP contribution is 2.20. The minimum absolute atomic E-state index is 0.453. The van der Waals surface area contributed by atoms with E-state index in [0.29, 0.717) is 6.04 Å². The molecule has 2 rings (SSSR count). The fourth-order valence-corrected chi connectivity index (χ4v) is 2.57. The summed E-state index contributed by atoms with van der Waals surface area (Å²) in [5.41, 5.74) is 2.80. The van der Waals surface area contributed by atoms with Crippen molar-refractivity contribution < 1.29 is 4.74 Å². The Balaban J connectivity index is 1.91. The molecule has 3 heteroatoms. The van der Waals surface area contributed by atoms with Crippen LogP contribution in [-0.2, 0) is 4.74 Å². The van der Waals surface area contributed by atoms with Gasteiger partial charge in [-0.15, -0.1) is 0 Å². The van der Waals surface area contributed by atoms with Gasteiger partial charge in [-0.3, -0.25) is 4.90 Å². The van der Waals surface area contributed by atoms with E-state index in [1.165, 1.54) is 11.1 Å². The van der Waals surface area contributed by atoms with Gasteiger partial charge < -0.3 is 10.1 Å². The molecule has 1 aromatic carbocycles. The molecule has 0 spiro atoms. The van der Waals surface area contributed by atoms with Gasteiger partial charge >= 0.3 is 0 Å². The molecule has 18 heavy (non-hydrogen) atoms. The fraction of sp³-hybridized carbons (Fsp3) is 0.600. The van der Waals surface area contributed by atoms with Crippen molar-refractivity contribution in [1.82, 2.24) is 10.2 Å². The second kappa shape index (κ2) is 6.88. The molecule has 1 aliphatic rings. The Kier molecular flexibility index (Phi) is 5.17. The summed E-state index contributed by atoms with van der Waals surface area (Å²) in [6.45, 7) is 7.25. The second-order valence-corrected chi connectivity index (χ2v) is 4.94. The standard InChI is InChI=1S/C15H24N2O/c1-13-5-3-4-6-14(13)15(16-2)7-8-17-9-11-18-12-10-17/h3-6,15-16H,7-12H2,1-2H3. The Morgan fingerprint density at radius 3 is 2.67 bits per heavy atom. The molecule has 1 unspecified atom stereocenters. The van der Waals surface area contributed by atoms with E-state index in [0.717, 1.165) is 39.3 Å².